The first kappa shape index (κ1) is 15.0. The third-order valence-corrected chi connectivity index (χ3v) is 2.94. The number of likely N-dealkylation sites (tertiary alicyclic amines) is 1. The largest absolute Gasteiger partial charge is 0.352 e. The molecule has 1 fully saturated rings. The van der Waals surface area contributed by atoms with Gasteiger partial charge in [0, 0.05) is 44.6 Å². The van der Waals surface area contributed by atoms with E-state index in [1.807, 2.05) is 4.90 Å². The van der Waals surface area contributed by atoms with E-state index in [-0.39, 0.29) is 23.4 Å². The van der Waals surface area contributed by atoms with Crippen LogP contribution in [0, 0.1) is 0 Å². The van der Waals surface area contributed by atoms with Crippen LogP contribution < -0.4 is 10.6 Å². The lowest BCUT2D eigenvalue weighted by Crippen LogP contribution is -2.40. The molecule has 0 aromatic carbocycles. The van der Waals surface area contributed by atoms with Crippen molar-refractivity contribution in [3.05, 3.63) is 0 Å². The fourth-order valence-corrected chi connectivity index (χ4v) is 2.09. The Bertz CT molecular complexity index is 310. The third kappa shape index (κ3) is 5.49. The molecule has 0 aromatic rings. The minimum Gasteiger partial charge on any atom is -0.352 e. The minimum absolute atomic E-state index is 0.0244. The Morgan fingerprint density at radius 2 is 2.00 bits per heavy atom. The first-order valence-corrected chi connectivity index (χ1v) is 6.58. The van der Waals surface area contributed by atoms with Crippen LogP contribution in [-0.4, -0.2) is 47.9 Å². The average Bonchev–Trinajstić information content (AvgIpc) is 2.63. The molecule has 0 bridgehead atoms. The topological polar surface area (TPSA) is 61.4 Å². The van der Waals surface area contributed by atoms with Crippen molar-refractivity contribution in [2.24, 2.45) is 0 Å². The van der Waals surface area contributed by atoms with Crippen LogP contribution in [0.2, 0.25) is 0 Å². The summed E-state index contributed by atoms with van der Waals surface area (Å²) in [7, 11) is 0. The van der Waals surface area contributed by atoms with Gasteiger partial charge in [-0.05, 0) is 27.2 Å². The monoisotopic (exact) mass is 255 g/mol. The molecule has 0 radical (unpaired) electrons. The molecule has 104 valence electrons. The van der Waals surface area contributed by atoms with Gasteiger partial charge >= 0.3 is 0 Å². The highest BCUT2D eigenvalue weighted by molar-refractivity contribution is 5.77. The Kier molecular flexibility index (Phi) is 5.14. The molecule has 1 heterocycles. The molecule has 1 aliphatic rings. The summed E-state index contributed by atoms with van der Waals surface area (Å²) in [5.74, 6) is 0.142. The van der Waals surface area contributed by atoms with E-state index in [0.717, 1.165) is 13.0 Å². The smallest absolute Gasteiger partial charge is 0.223 e. The van der Waals surface area contributed by atoms with E-state index >= 15 is 0 Å². The molecule has 0 spiro atoms. The number of rotatable bonds is 4. The van der Waals surface area contributed by atoms with Crippen molar-refractivity contribution in [3.8, 4) is 0 Å². The van der Waals surface area contributed by atoms with Gasteiger partial charge in [0.05, 0.1) is 0 Å². The number of hydrogen-bond acceptors (Lipinski definition) is 3. The van der Waals surface area contributed by atoms with Crippen molar-refractivity contribution in [3.63, 3.8) is 0 Å². The fraction of sp³-hybridized carbons (Fsp3) is 0.846. The van der Waals surface area contributed by atoms with E-state index in [4.69, 9.17) is 0 Å². The average molecular weight is 255 g/mol. The number of nitrogens with one attached hydrogen (secondary N) is 2. The maximum atomic E-state index is 11.9. The summed E-state index contributed by atoms with van der Waals surface area (Å²) in [5, 5.41) is 6.16. The van der Waals surface area contributed by atoms with E-state index in [0.29, 0.717) is 19.5 Å². The summed E-state index contributed by atoms with van der Waals surface area (Å²) >= 11 is 0. The van der Waals surface area contributed by atoms with Crippen LogP contribution in [0.15, 0.2) is 0 Å². The van der Waals surface area contributed by atoms with Crippen molar-refractivity contribution in [1.82, 2.24) is 15.5 Å². The van der Waals surface area contributed by atoms with Crippen LogP contribution in [-0.2, 0) is 9.59 Å². The van der Waals surface area contributed by atoms with Crippen molar-refractivity contribution in [2.75, 3.05) is 19.6 Å². The Balaban J connectivity index is 2.25. The normalized spacial score (nSPS) is 20.0. The summed E-state index contributed by atoms with van der Waals surface area (Å²) in [4.78, 5) is 24.7. The number of carbonyl (C=O) groups excluding carboxylic acids is 2. The van der Waals surface area contributed by atoms with Gasteiger partial charge in [0.25, 0.3) is 0 Å². The highest BCUT2D eigenvalue weighted by Crippen LogP contribution is 2.10. The van der Waals surface area contributed by atoms with Crippen molar-refractivity contribution >= 4 is 11.8 Å². The van der Waals surface area contributed by atoms with Gasteiger partial charge in [-0.15, -0.1) is 0 Å². The van der Waals surface area contributed by atoms with Gasteiger partial charge in [0.2, 0.25) is 11.8 Å². The Hall–Kier alpha value is -1.10. The van der Waals surface area contributed by atoms with Gasteiger partial charge in [0.1, 0.15) is 0 Å². The van der Waals surface area contributed by atoms with E-state index in [1.165, 1.54) is 6.92 Å². The lowest BCUT2D eigenvalue weighted by molar-refractivity contribution is -0.130. The molecule has 1 saturated heterocycles. The molecule has 0 aliphatic carbocycles. The fourth-order valence-electron chi connectivity index (χ4n) is 2.09. The Morgan fingerprint density at radius 1 is 1.33 bits per heavy atom. The number of nitrogens with zero attached hydrogens (tertiary/aromatic N) is 1. The summed E-state index contributed by atoms with van der Waals surface area (Å²) in [6.07, 6.45) is 1.38. The molecule has 1 atom stereocenters. The molecule has 0 saturated carbocycles. The zero-order valence-electron chi connectivity index (χ0n) is 11.9. The van der Waals surface area contributed by atoms with Gasteiger partial charge in [-0.25, -0.2) is 0 Å². The van der Waals surface area contributed by atoms with Crippen LogP contribution in [0.25, 0.3) is 0 Å². The SMILES string of the molecule is CC(=O)NC1CCN(C(=O)CCNC(C)(C)C)C1. The maximum absolute atomic E-state index is 11.9. The summed E-state index contributed by atoms with van der Waals surface area (Å²) in [5.41, 5.74) is 0.0456. The van der Waals surface area contributed by atoms with Gasteiger partial charge < -0.3 is 15.5 Å². The van der Waals surface area contributed by atoms with Gasteiger partial charge in [-0.3, -0.25) is 9.59 Å². The highest BCUT2D eigenvalue weighted by Gasteiger charge is 2.26. The quantitative estimate of drug-likeness (QED) is 0.769. The third-order valence-electron chi connectivity index (χ3n) is 2.94. The van der Waals surface area contributed by atoms with Gasteiger partial charge in [0.15, 0.2) is 0 Å². The molecule has 1 unspecified atom stereocenters. The first-order chi connectivity index (χ1) is 8.28. The molecule has 1 rings (SSSR count). The van der Waals surface area contributed by atoms with E-state index in [1.54, 1.807) is 0 Å². The summed E-state index contributed by atoms with van der Waals surface area (Å²) < 4.78 is 0. The minimum atomic E-state index is -0.0244. The predicted octanol–water partition coefficient (Wildman–Crippen LogP) is 0.502. The predicted molar refractivity (Wildman–Crippen MR) is 71.2 cm³/mol. The second kappa shape index (κ2) is 6.18. The van der Waals surface area contributed by atoms with Crippen LogP contribution in [0.3, 0.4) is 0 Å². The van der Waals surface area contributed by atoms with Crippen LogP contribution in [0.5, 0.6) is 0 Å². The first-order valence-electron chi connectivity index (χ1n) is 6.58. The maximum Gasteiger partial charge on any atom is 0.223 e. The van der Waals surface area contributed by atoms with Crippen LogP contribution in [0.4, 0.5) is 0 Å². The van der Waals surface area contributed by atoms with Crippen LogP contribution in [0.1, 0.15) is 40.5 Å². The number of hydrogen-bond donors (Lipinski definition) is 2. The van der Waals surface area contributed by atoms with Gasteiger partial charge in [-0.2, -0.15) is 0 Å². The van der Waals surface area contributed by atoms with Crippen molar-refractivity contribution in [1.29, 1.82) is 0 Å². The molecule has 5 nitrogen and oxygen atoms in total. The molecule has 2 amide bonds. The second-order valence-electron chi connectivity index (χ2n) is 5.95. The summed E-state index contributed by atoms with van der Waals surface area (Å²) in [6, 6.07) is 0.127. The highest BCUT2D eigenvalue weighted by atomic mass is 16.2. The lowest BCUT2D eigenvalue weighted by atomic mass is 10.1. The van der Waals surface area contributed by atoms with E-state index in [2.05, 4.69) is 31.4 Å². The molecule has 5 heteroatoms. The van der Waals surface area contributed by atoms with E-state index < -0.39 is 0 Å². The van der Waals surface area contributed by atoms with Gasteiger partial charge in [-0.1, -0.05) is 0 Å². The zero-order chi connectivity index (χ0) is 13.8. The van der Waals surface area contributed by atoms with Crippen LogP contribution >= 0.6 is 0 Å². The molecule has 2 N–H and O–H groups in total. The van der Waals surface area contributed by atoms with Crippen molar-refractivity contribution < 1.29 is 9.59 Å². The molecule has 1 aliphatic heterocycles. The Morgan fingerprint density at radius 3 is 2.56 bits per heavy atom. The molecular formula is C13H25N3O2. The second-order valence-corrected chi connectivity index (χ2v) is 5.95. The Labute approximate surface area is 109 Å². The number of amides is 2. The summed E-state index contributed by atoms with van der Waals surface area (Å²) in [6.45, 7) is 9.86. The van der Waals surface area contributed by atoms with Crippen molar-refractivity contribution in [2.45, 2.75) is 52.1 Å². The number of carbonyl (C=O) groups is 2. The lowest BCUT2D eigenvalue weighted by Gasteiger charge is -2.22. The standard InChI is InChI=1S/C13H25N3O2/c1-10(17)15-11-6-8-16(9-11)12(18)5-7-14-13(2,3)4/h11,14H,5-9H2,1-4H3,(H,15,17). The molecular weight excluding hydrogens is 230 g/mol. The molecule has 18 heavy (non-hydrogen) atoms. The molecule has 0 aromatic heterocycles. The zero-order valence-corrected chi connectivity index (χ0v) is 11.9. The van der Waals surface area contributed by atoms with E-state index in [9.17, 15) is 9.59 Å².